The zero-order valence-electron chi connectivity index (χ0n) is 11.8. The number of anilines is 1. The maximum absolute atomic E-state index is 12.1. The third-order valence-electron chi connectivity index (χ3n) is 3.21. The third kappa shape index (κ3) is 4.14. The largest absolute Gasteiger partial charge is 0.326 e. The molecule has 0 aliphatic rings. The second-order valence-corrected chi connectivity index (χ2v) is 5.68. The van der Waals surface area contributed by atoms with E-state index in [-0.39, 0.29) is 11.8 Å². The minimum Gasteiger partial charge on any atom is -0.326 e. The van der Waals surface area contributed by atoms with Crippen molar-refractivity contribution in [3.8, 4) is 0 Å². The fourth-order valence-electron chi connectivity index (χ4n) is 2.09. The van der Waals surface area contributed by atoms with Crippen molar-refractivity contribution in [2.75, 3.05) is 11.6 Å². The highest BCUT2D eigenvalue weighted by molar-refractivity contribution is 7.98. The maximum atomic E-state index is 12.1. The van der Waals surface area contributed by atoms with Crippen molar-refractivity contribution in [1.29, 1.82) is 0 Å². The van der Waals surface area contributed by atoms with Gasteiger partial charge in [0.1, 0.15) is 0 Å². The van der Waals surface area contributed by atoms with E-state index >= 15 is 0 Å². The van der Waals surface area contributed by atoms with E-state index in [9.17, 15) is 4.79 Å². The molecular formula is C17H19NOS. The van der Waals surface area contributed by atoms with Crippen LogP contribution in [0, 0.1) is 0 Å². The van der Waals surface area contributed by atoms with Gasteiger partial charge in [0.05, 0.1) is 0 Å². The molecule has 2 rings (SSSR count). The van der Waals surface area contributed by atoms with Gasteiger partial charge in [-0.05, 0) is 35.9 Å². The standard InChI is InChI=1S/C17H19NOS/c1-13(14-7-4-3-5-8-14)11-17(19)18-15-9-6-10-16(12-15)20-2/h3-10,12-13H,11H2,1-2H3,(H,18,19)/t13-/m1/s1. The van der Waals surface area contributed by atoms with E-state index in [1.54, 1.807) is 11.8 Å². The van der Waals surface area contributed by atoms with Crippen LogP contribution < -0.4 is 5.32 Å². The van der Waals surface area contributed by atoms with Crippen molar-refractivity contribution in [3.05, 3.63) is 60.2 Å². The molecule has 0 radical (unpaired) electrons. The Morgan fingerprint density at radius 2 is 1.90 bits per heavy atom. The molecule has 2 nitrogen and oxygen atoms in total. The Kier molecular flexibility index (Phi) is 5.24. The Balaban J connectivity index is 1.95. The highest BCUT2D eigenvalue weighted by Crippen LogP contribution is 2.21. The number of carbonyl (C=O) groups is 1. The molecule has 1 amide bonds. The molecule has 104 valence electrons. The molecule has 0 saturated carbocycles. The van der Waals surface area contributed by atoms with Gasteiger partial charge in [-0.2, -0.15) is 0 Å². The number of carbonyl (C=O) groups excluding carboxylic acids is 1. The molecular weight excluding hydrogens is 266 g/mol. The first kappa shape index (κ1) is 14.7. The van der Waals surface area contributed by atoms with E-state index in [2.05, 4.69) is 24.4 Å². The van der Waals surface area contributed by atoms with Crippen molar-refractivity contribution in [1.82, 2.24) is 0 Å². The summed E-state index contributed by atoms with van der Waals surface area (Å²) in [5, 5.41) is 2.97. The predicted molar refractivity (Wildman–Crippen MR) is 86.3 cm³/mol. The number of hydrogen-bond acceptors (Lipinski definition) is 2. The lowest BCUT2D eigenvalue weighted by Crippen LogP contribution is -2.14. The van der Waals surface area contributed by atoms with Crippen molar-refractivity contribution in [3.63, 3.8) is 0 Å². The molecule has 0 aliphatic heterocycles. The molecule has 20 heavy (non-hydrogen) atoms. The topological polar surface area (TPSA) is 29.1 Å². The van der Waals surface area contributed by atoms with Crippen molar-refractivity contribution < 1.29 is 4.79 Å². The molecule has 0 spiro atoms. The summed E-state index contributed by atoms with van der Waals surface area (Å²) in [6.07, 6.45) is 2.52. The Hall–Kier alpha value is -1.74. The number of benzene rings is 2. The Morgan fingerprint density at radius 3 is 2.60 bits per heavy atom. The van der Waals surface area contributed by atoms with Crippen LogP contribution >= 0.6 is 11.8 Å². The number of nitrogens with one attached hydrogen (secondary N) is 1. The van der Waals surface area contributed by atoms with Crippen LogP contribution in [0.2, 0.25) is 0 Å². The quantitative estimate of drug-likeness (QED) is 0.817. The molecule has 1 atom stereocenters. The van der Waals surface area contributed by atoms with Gasteiger partial charge < -0.3 is 5.32 Å². The Morgan fingerprint density at radius 1 is 1.15 bits per heavy atom. The number of amides is 1. The molecule has 2 aromatic carbocycles. The molecule has 0 aromatic heterocycles. The summed E-state index contributed by atoms with van der Waals surface area (Å²) >= 11 is 1.67. The highest BCUT2D eigenvalue weighted by atomic mass is 32.2. The van der Waals surface area contributed by atoms with Gasteiger partial charge in [-0.1, -0.05) is 43.3 Å². The summed E-state index contributed by atoms with van der Waals surface area (Å²) in [5.74, 6) is 0.277. The summed E-state index contributed by atoms with van der Waals surface area (Å²) in [4.78, 5) is 13.2. The Bertz CT molecular complexity index is 568. The van der Waals surface area contributed by atoms with Gasteiger partial charge in [0.2, 0.25) is 5.91 Å². The summed E-state index contributed by atoms with van der Waals surface area (Å²) in [7, 11) is 0. The molecule has 0 aliphatic carbocycles. The van der Waals surface area contributed by atoms with Gasteiger partial charge in [0.25, 0.3) is 0 Å². The third-order valence-corrected chi connectivity index (χ3v) is 3.94. The van der Waals surface area contributed by atoms with Gasteiger partial charge in [0, 0.05) is 17.0 Å². The molecule has 1 N–H and O–H groups in total. The van der Waals surface area contributed by atoms with E-state index in [1.165, 1.54) is 5.56 Å². The fraction of sp³-hybridized carbons (Fsp3) is 0.235. The van der Waals surface area contributed by atoms with Gasteiger partial charge in [-0.3, -0.25) is 4.79 Å². The fourth-order valence-corrected chi connectivity index (χ4v) is 2.55. The SMILES string of the molecule is CSc1cccc(NC(=O)C[C@@H](C)c2ccccc2)c1. The van der Waals surface area contributed by atoms with Crippen LogP contribution in [0.3, 0.4) is 0 Å². The van der Waals surface area contributed by atoms with Crippen LogP contribution in [0.5, 0.6) is 0 Å². The van der Waals surface area contributed by atoms with Crippen LogP contribution in [-0.4, -0.2) is 12.2 Å². The first-order valence-electron chi connectivity index (χ1n) is 6.68. The van der Waals surface area contributed by atoms with E-state index in [4.69, 9.17) is 0 Å². The second-order valence-electron chi connectivity index (χ2n) is 4.80. The van der Waals surface area contributed by atoms with E-state index in [1.807, 2.05) is 48.7 Å². The monoisotopic (exact) mass is 285 g/mol. The van der Waals surface area contributed by atoms with Crippen molar-refractivity contribution in [2.45, 2.75) is 24.2 Å². The molecule has 0 bridgehead atoms. The zero-order chi connectivity index (χ0) is 14.4. The predicted octanol–water partition coefficient (Wildman–Crippen LogP) is 4.54. The normalized spacial score (nSPS) is 11.9. The summed E-state index contributed by atoms with van der Waals surface area (Å²) < 4.78 is 0. The molecule has 0 unspecified atom stereocenters. The van der Waals surface area contributed by atoms with Crippen LogP contribution in [0.25, 0.3) is 0 Å². The number of hydrogen-bond donors (Lipinski definition) is 1. The van der Waals surface area contributed by atoms with Gasteiger partial charge in [0.15, 0.2) is 0 Å². The lowest BCUT2D eigenvalue weighted by atomic mass is 9.97. The van der Waals surface area contributed by atoms with Gasteiger partial charge in [-0.15, -0.1) is 11.8 Å². The van der Waals surface area contributed by atoms with Crippen LogP contribution in [0.4, 0.5) is 5.69 Å². The average Bonchev–Trinajstić information content (AvgIpc) is 2.48. The van der Waals surface area contributed by atoms with Gasteiger partial charge >= 0.3 is 0 Å². The minimum absolute atomic E-state index is 0.0552. The van der Waals surface area contributed by atoms with Crippen LogP contribution in [0.1, 0.15) is 24.8 Å². The first-order valence-corrected chi connectivity index (χ1v) is 7.90. The van der Waals surface area contributed by atoms with Gasteiger partial charge in [-0.25, -0.2) is 0 Å². The lowest BCUT2D eigenvalue weighted by molar-refractivity contribution is -0.116. The lowest BCUT2D eigenvalue weighted by Gasteiger charge is -2.12. The van der Waals surface area contributed by atoms with E-state index in [0.717, 1.165) is 10.6 Å². The van der Waals surface area contributed by atoms with Crippen molar-refractivity contribution in [2.24, 2.45) is 0 Å². The molecule has 2 aromatic rings. The zero-order valence-corrected chi connectivity index (χ0v) is 12.6. The number of thioether (sulfide) groups is 1. The smallest absolute Gasteiger partial charge is 0.224 e. The first-order chi connectivity index (χ1) is 9.69. The van der Waals surface area contributed by atoms with Crippen molar-refractivity contribution >= 4 is 23.4 Å². The maximum Gasteiger partial charge on any atom is 0.224 e. The molecule has 0 fully saturated rings. The summed E-state index contributed by atoms with van der Waals surface area (Å²) in [6, 6.07) is 18.0. The molecule has 3 heteroatoms. The summed E-state index contributed by atoms with van der Waals surface area (Å²) in [6.45, 7) is 2.08. The second kappa shape index (κ2) is 7.15. The van der Waals surface area contributed by atoms with Crippen LogP contribution in [0.15, 0.2) is 59.5 Å². The molecule has 0 heterocycles. The minimum atomic E-state index is 0.0552. The number of rotatable bonds is 5. The van der Waals surface area contributed by atoms with Crippen LogP contribution in [-0.2, 0) is 4.79 Å². The summed E-state index contributed by atoms with van der Waals surface area (Å²) in [5.41, 5.74) is 2.06. The van der Waals surface area contributed by atoms with E-state index < -0.39 is 0 Å². The average molecular weight is 285 g/mol. The molecule has 0 saturated heterocycles. The van der Waals surface area contributed by atoms with E-state index in [0.29, 0.717) is 6.42 Å². The highest BCUT2D eigenvalue weighted by Gasteiger charge is 2.11. The Labute approximate surface area is 124 Å².